The summed E-state index contributed by atoms with van der Waals surface area (Å²) in [6, 6.07) is 0. The van der Waals surface area contributed by atoms with Gasteiger partial charge in [0.1, 0.15) is 0 Å². The predicted octanol–water partition coefficient (Wildman–Crippen LogP) is 1.13. The standard InChI is InChI=1S/C9H20N2S.BH2.U/c1-3-5-7-10-9(12)11-8-6-4-2;;/h3-8H2,1-2H3,(H2,10,11,12);1H2;/i;1TD;. The van der Waals surface area contributed by atoms with Gasteiger partial charge in [-0.3, -0.25) is 0 Å². The third-order valence-corrected chi connectivity index (χ3v) is 1.92. The van der Waals surface area contributed by atoms with E-state index in [9.17, 15) is 0 Å². The molecule has 0 fully saturated rings. The Morgan fingerprint density at radius 2 is 1.71 bits per heavy atom. The summed E-state index contributed by atoms with van der Waals surface area (Å²) in [5.41, 5.74) is 0. The summed E-state index contributed by atoms with van der Waals surface area (Å²) in [5.74, 6) is 0. The molecule has 5 heteroatoms. The Kier molecular flexibility index (Phi) is 17.2. The van der Waals surface area contributed by atoms with Gasteiger partial charge in [0, 0.05) is 44.2 Å². The van der Waals surface area contributed by atoms with Crippen molar-refractivity contribution in [3.05, 3.63) is 0 Å². The number of hydrogen-bond acceptors (Lipinski definition) is 1. The third-order valence-electron chi connectivity index (χ3n) is 1.63. The van der Waals surface area contributed by atoms with E-state index in [4.69, 9.17) is 14.9 Å². The van der Waals surface area contributed by atoms with E-state index in [0.29, 0.717) is 8.34 Å². The van der Waals surface area contributed by atoms with E-state index in [0.717, 1.165) is 18.2 Å². The quantitative estimate of drug-likeness (QED) is 0.367. The number of nitrogens with one attached hydrogen (secondary N) is 2. The summed E-state index contributed by atoms with van der Waals surface area (Å²) >= 11 is 5.06. The molecule has 0 aliphatic rings. The van der Waals surface area contributed by atoms with Gasteiger partial charge in [-0.1, -0.05) is 26.7 Å². The van der Waals surface area contributed by atoms with Crippen LogP contribution in [0.25, 0.3) is 0 Å². The molecule has 0 aromatic heterocycles. The van der Waals surface area contributed by atoms with E-state index in [-0.39, 0.29) is 31.1 Å². The van der Waals surface area contributed by atoms with Gasteiger partial charge in [-0.05, 0) is 27.7 Å². The number of unbranched alkanes of at least 4 members (excludes halogenated alkanes) is 2. The van der Waals surface area contributed by atoms with Crippen LogP contribution < -0.4 is 10.6 Å². The van der Waals surface area contributed by atoms with Gasteiger partial charge in [0.2, 0.25) is 0 Å². The predicted molar refractivity (Wildman–Crippen MR) is 67.0 cm³/mol. The van der Waals surface area contributed by atoms with Crippen molar-refractivity contribution in [2.45, 2.75) is 39.5 Å². The van der Waals surface area contributed by atoms with Crippen LogP contribution >= 0.6 is 12.2 Å². The van der Waals surface area contributed by atoms with Gasteiger partial charge in [-0.25, -0.2) is 0 Å². The topological polar surface area (TPSA) is 24.1 Å². The van der Waals surface area contributed by atoms with E-state index in [2.05, 4.69) is 24.5 Å². The summed E-state index contributed by atoms with van der Waals surface area (Å²) in [7, 11) is 0.500. The number of hydrogen-bond donors (Lipinski definition) is 2. The zero-order valence-corrected chi connectivity index (χ0v) is 14.2. The van der Waals surface area contributed by atoms with Gasteiger partial charge in [0.25, 0.3) is 0 Å². The van der Waals surface area contributed by atoms with Crippen LogP contribution in [0.5, 0.6) is 0 Å². The minimum atomic E-state index is 0. The minimum Gasteiger partial charge on any atom is -0.363 e. The molecule has 0 saturated carbocycles. The molecular formula is C9H22BN2SU. The first-order valence-electron chi connectivity index (χ1n) is 5.98. The normalized spacial score (nSPS) is 9.29. The smallest absolute Gasteiger partial charge is 0.166 e. The second-order valence-corrected chi connectivity index (χ2v) is 3.30. The molecule has 0 spiro atoms. The average Bonchev–Trinajstić information content (AvgIpc) is 2.20. The van der Waals surface area contributed by atoms with Crippen LogP contribution in [-0.4, -0.2) is 29.2 Å². The van der Waals surface area contributed by atoms with E-state index in [1.165, 1.54) is 25.7 Å². The van der Waals surface area contributed by atoms with Crippen molar-refractivity contribution in [1.29, 1.82) is 2.67 Å². The van der Waals surface area contributed by atoms with Crippen molar-refractivity contribution in [1.82, 2.24) is 10.6 Å². The summed E-state index contributed by atoms with van der Waals surface area (Å²) in [6.07, 6.45) is 4.81. The minimum absolute atomic E-state index is 0. The molecule has 0 aromatic rings. The van der Waals surface area contributed by atoms with Gasteiger partial charge in [0.05, 0.1) is 8.34 Å². The van der Waals surface area contributed by atoms with E-state index >= 15 is 0 Å². The van der Waals surface area contributed by atoms with Crippen LogP contribution in [0.15, 0.2) is 0 Å². The summed E-state index contributed by atoms with van der Waals surface area (Å²) in [5, 5.41) is 7.13. The Balaban J connectivity index is -0.000000377. The van der Waals surface area contributed by atoms with Gasteiger partial charge in [-0.15, -0.1) is 0 Å². The van der Waals surface area contributed by atoms with Crippen LogP contribution in [0, 0.1) is 31.1 Å². The zero-order chi connectivity index (χ0) is 11.9. The molecule has 0 aliphatic carbocycles. The van der Waals surface area contributed by atoms with Gasteiger partial charge in [-0.2, -0.15) is 0 Å². The number of rotatable bonds is 6. The molecule has 0 heterocycles. The molecule has 2 N–H and O–H groups in total. The van der Waals surface area contributed by atoms with Crippen LogP contribution in [0.3, 0.4) is 0 Å². The van der Waals surface area contributed by atoms with E-state index < -0.39 is 0 Å². The first-order valence-corrected chi connectivity index (χ1v) is 5.23. The van der Waals surface area contributed by atoms with Crippen LogP contribution in [0.1, 0.15) is 39.5 Å². The van der Waals surface area contributed by atoms with Crippen molar-refractivity contribution in [3.8, 4) is 0 Å². The molecule has 81 valence electrons. The van der Waals surface area contributed by atoms with Crippen molar-refractivity contribution in [2.75, 3.05) is 13.1 Å². The molecule has 0 rings (SSSR count). The maximum absolute atomic E-state index is 5.75. The van der Waals surface area contributed by atoms with Gasteiger partial charge < -0.3 is 10.6 Å². The molecule has 2 nitrogen and oxygen atoms in total. The van der Waals surface area contributed by atoms with E-state index in [1.807, 2.05) is 0 Å². The molecule has 0 bridgehead atoms. The Bertz CT molecular complexity index is 133. The second-order valence-electron chi connectivity index (χ2n) is 2.89. The largest absolute Gasteiger partial charge is 0.363 e. The van der Waals surface area contributed by atoms with Crippen molar-refractivity contribution in [2.24, 2.45) is 0 Å². The molecule has 0 unspecified atom stereocenters. The molecule has 0 saturated heterocycles. The molecule has 0 atom stereocenters. The second kappa shape index (κ2) is 16.2. The Hall–Kier alpha value is 0.807. The maximum Gasteiger partial charge on any atom is 0.166 e. The average molecular weight is 442 g/mol. The van der Waals surface area contributed by atoms with Crippen LogP contribution in [-0.2, 0) is 0 Å². The van der Waals surface area contributed by atoms with Gasteiger partial charge >= 0.3 is 0 Å². The Labute approximate surface area is 122 Å². The molecule has 0 aliphatic heterocycles. The molecule has 14 heavy (non-hydrogen) atoms. The molecular weight excluding hydrogens is 417 g/mol. The first-order chi connectivity index (χ1) is 7.22. The van der Waals surface area contributed by atoms with Crippen molar-refractivity contribution < 1.29 is 31.1 Å². The first kappa shape index (κ1) is 14.8. The van der Waals surface area contributed by atoms with Crippen LogP contribution in [0.2, 0.25) is 0 Å². The van der Waals surface area contributed by atoms with Crippen molar-refractivity contribution in [3.63, 3.8) is 0 Å². The monoisotopic (exact) mass is 442 g/mol. The molecule has 0 aromatic carbocycles. The van der Waals surface area contributed by atoms with Crippen LogP contribution in [0.4, 0.5) is 0 Å². The zero-order valence-electron chi connectivity index (χ0n) is 11.2. The fourth-order valence-electron chi connectivity index (χ4n) is 0.820. The Morgan fingerprint density at radius 1 is 1.36 bits per heavy atom. The number of thiocarbonyl (C=S) groups is 1. The van der Waals surface area contributed by atoms with Gasteiger partial charge in [0.15, 0.2) is 5.11 Å². The molecule has 0 amide bonds. The third kappa shape index (κ3) is 15.3. The molecule has 1 radical (unpaired) electrons. The van der Waals surface area contributed by atoms with Crippen molar-refractivity contribution >= 4 is 25.7 Å². The fraction of sp³-hybridized carbons (Fsp3) is 0.889. The summed E-state index contributed by atoms with van der Waals surface area (Å²) in [6.45, 7) is 6.34. The Morgan fingerprint density at radius 3 is 2.00 bits per heavy atom. The fourth-order valence-corrected chi connectivity index (χ4v) is 1.02. The maximum atomic E-state index is 5.75. The SMILES string of the molecule is CCCCNC(=S)NCCCC.[2H][B][3H].[U]. The summed E-state index contributed by atoms with van der Waals surface area (Å²) < 4.78 is 11.5. The summed E-state index contributed by atoms with van der Waals surface area (Å²) in [4.78, 5) is 0. The van der Waals surface area contributed by atoms with E-state index in [1.54, 1.807) is 0 Å².